The number of rotatable bonds is 4. The Morgan fingerprint density at radius 3 is 2.95 bits per heavy atom. The van der Waals surface area contributed by atoms with E-state index in [1.807, 2.05) is 0 Å². The van der Waals surface area contributed by atoms with Gasteiger partial charge in [-0.2, -0.15) is 0 Å². The van der Waals surface area contributed by atoms with E-state index in [9.17, 15) is 0 Å². The molecule has 1 aromatic carbocycles. The topological polar surface area (TPSA) is 16.1 Å². The van der Waals surface area contributed by atoms with E-state index in [1.165, 1.54) is 42.9 Å². The molecular formula is C18H23ClN2. The maximum absolute atomic E-state index is 6.05. The molecule has 0 amide bonds. The molecule has 1 saturated heterocycles. The molecule has 2 aromatic rings. The van der Waals surface area contributed by atoms with Gasteiger partial charge in [-0.15, -0.1) is 11.6 Å². The Morgan fingerprint density at radius 2 is 2.14 bits per heavy atom. The number of aromatic nitrogens is 1. The van der Waals surface area contributed by atoms with E-state index in [0.29, 0.717) is 11.9 Å². The average Bonchev–Trinajstić information content (AvgIpc) is 2.54. The zero-order valence-corrected chi connectivity index (χ0v) is 13.4. The Labute approximate surface area is 132 Å². The van der Waals surface area contributed by atoms with Crippen LogP contribution in [0.4, 0.5) is 5.82 Å². The summed E-state index contributed by atoms with van der Waals surface area (Å²) in [4.78, 5) is 7.40. The van der Waals surface area contributed by atoms with Gasteiger partial charge in [-0.1, -0.05) is 37.6 Å². The number of nitrogens with zero attached hydrogens (tertiary/aromatic N) is 2. The second-order valence-electron chi connectivity index (χ2n) is 5.92. The van der Waals surface area contributed by atoms with Crippen molar-refractivity contribution in [1.82, 2.24) is 4.98 Å². The quantitative estimate of drug-likeness (QED) is 0.728. The molecule has 1 aliphatic heterocycles. The third-order valence-corrected chi connectivity index (χ3v) is 4.71. The predicted molar refractivity (Wildman–Crippen MR) is 91.2 cm³/mol. The van der Waals surface area contributed by atoms with Crippen LogP contribution in [-0.2, 0) is 5.88 Å². The molecule has 0 aliphatic carbocycles. The minimum Gasteiger partial charge on any atom is -0.353 e. The van der Waals surface area contributed by atoms with E-state index in [4.69, 9.17) is 16.6 Å². The molecule has 1 aliphatic rings. The first-order chi connectivity index (χ1) is 10.3. The van der Waals surface area contributed by atoms with E-state index in [2.05, 4.69) is 42.2 Å². The summed E-state index contributed by atoms with van der Waals surface area (Å²) in [5.74, 6) is 1.62. The molecule has 0 saturated carbocycles. The molecule has 1 atom stereocenters. The molecule has 0 radical (unpaired) electrons. The molecule has 0 spiro atoms. The molecule has 0 N–H and O–H groups in total. The SMILES string of the molecule is CCCC1CCCCN1c1nc(CCl)cc2ccccc12. The summed E-state index contributed by atoms with van der Waals surface area (Å²) in [6, 6.07) is 11.3. The Bertz CT molecular complexity index is 609. The van der Waals surface area contributed by atoms with Gasteiger partial charge in [0.1, 0.15) is 5.82 Å². The molecule has 0 bridgehead atoms. The van der Waals surface area contributed by atoms with Crippen LogP contribution >= 0.6 is 11.6 Å². The number of benzene rings is 1. The first kappa shape index (κ1) is 14.6. The Kier molecular flexibility index (Phi) is 4.64. The second-order valence-corrected chi connectivity index (χ2v) is 6.19. The van der Waals surface area contributed by atoms with Crippen LogP contribution in [0, 0.1) is 0 Å². The molecule has 3 rings (SSSR count). The van der Waals surface area contributed by atoms with Crippen molar-refractivity contribution in [2.45, 2.75) is 50.9 Å². The van der Waals surface area contributed by atoms with Gasteiger partial charge < -0.3 is 4.90 Å². The highest BCUT2D eigenvalue weighted by atomic mass is 35.5. The average molecular weight is 303 g/mol. The highest BCUT2D eigenvalue weighted by Gasteiger charge is 2.24. The minimum absolute atomic E-state index is 0.476. The van der Waals surface area contributed by atoms with Crippen LogP contribution in [0.15, 0.2) is 30.3 Å². The molecule has 112 valence electrons. The van der Waals surface area contributed by atoms with Gasteiger partial charge in [0, 0.05) is 18.0 Å². The highest BCUT2D eigenvalue weighted by Crippen LogP contribution is 2.32. The van der Waals surface area contributed by atoms with Gasteiger partial charge in [0.05, 0.1) is 11.6 Å². The smallest absolute Gasteiger partial charge is 0.137 e. The summed E-state index contributed by atoms with van der Waals surface area (Å²) in [6.45, 7) is 3.39. The number of hydrogen-bond acceptors (Lipinski definition) is 2. The van der Waals surface area contributed by atoms with Crippen molar-refractivity contribution in [2.24, 2.45) is 0 Å². The summed E-state index contributed by atoms with van der Waals surface area (Å²) in [7, 11) is 0. The monoisotopic (exact) mass is 302 g/mol. The van der Waals surface area contributed by atoms with E-state index in [0.717, 1.165) is 18.1 Å². The van der Waals surface area contributed by atoms with Gasteiger partial charge in [0.2, 0.25) is 0 Å². The van der Waals surface area contributed by atoms with Crippen molar-refractivity contribution in [3.63, 3.8) is 0 Å². The first-order valence-electron chi connectivity index (χ1n) is 8.04. The normalized spacial score (nSPS) is 19.1. The van der Waals surface area contributed by atoms with Gasteiger partial charge in [-0.3, -0.25) is 0 Å². The van der Waals surface area contributed by atoms with E-state index >= 15 is 0 Å². The van der Waals surface area contributed by atoms with Crippen LogP contribution in [0.5, 0.6) is 0 Å². The highest BCUT2D eigenvalue weighted by molar-refractivity contribution is 6.17. The number of anilines is 1. The molecule has 1 unspecified atom stereocenters. The molecular weight excluding hydrogens is 280 g/mol. The molecule has 1 fully saturated rings. The van der Waals surface area contributed by atoms with Gasteiger partial charge in [0.15, 0.2) is 0 Å². The lowest BCUT2D eigenvalue weighted by atomic mass is 9.97. The summed E-state index contributed by atoms with van der Waals surface area (Å²) >= 11 is 6.05. The largest absolute Gasteiger partial charge is 0.353 e. The molecule has 3 heteroatoms. The van der Waals surface area contributed by atoms with Crippen LogP contribution in [0.2, 0.25) is 0 Å². The van der Waals surface area contributed by atoms with Crippen LogP contribution in [0.25, 0.3) is 10.8 Å². The maximum Gasteiger partial charge on any atom is 0.137 e. The van der Waals surface area contributed by atoms with Gasteiger partial charge >= 0.3 is 0 Å². The van der Waals surface area contributed by atoms with Gasteiger partial charge in [-0.05, 0) is 37.1 Å². The Balaban J connectivity index is 2.08. The number of hydrogen-bond donors (Lipinski definition) is 0. The Morgan fingerprint density at radius 1 is 1.29 bits per heavy atom. The van der Waals surface area contributed by atoms with Crippen molar-refractivity contribution in [1.29, 1.82) is 0 Å². The van der Waals surface area contributed by atoms with E-state index < -0.39 is 0 Å². The van der Waals surface area contributed by atoms with Crippen LogP contribution in [0.3, 0.4) is 0 Å². The fourth-order valence-electron chi connectivity index (χ4n) is 3.43. The van der Waals surface area contributed by atoms with Crippen LogP contribution in [0.1, 0.15) is 44.7 Å². The third kappa shape index (κ3) is 3.01. The van der Waals surface area contributed by atoms with Crippen molar-refractivity contribution in [3.8, 4) is 0 Å². The van der Waals surface area contributed by atoms with E-state index in [-0.39, 0.29) is 0 Å². The van der Waals surface area contributed by atoms with Crippen molar-refractivity contribution < 1.29 is 0 Å². The number of halogens is 1. The second kappa shape index (κ2) is 6.65. The maximum atomic E-state index is 6.05. The fraction of sp³-hybridized carbons (Fsp3) is 0.500. The summed E-state index contributed by atoms with van der Waals surface area (Å²) < 4.78 is 0. The van der Waals surface area contributed by atoms with Crippen molar-refractivity contribution in [3.05, 3.63) is 36.0 Å². The lowest BCUT2D eigenvalue weighted by molar-refractivity contribution is 0.432. The van der Waals surface area contributed by atoms with Gasteiger partial charge in [0.25, 0.3) is 0 Å². The minimum atomic E-state index is 0.476. The van der Waals surface area contributed by atoms with E-state index in [1.54, 1.807) is 0 Å². The van der Waals surface area contributed by atoms with Crippen LogP contribution in [-0.4, -0.2) is 17.6 Å². The van der Waals surface area contributed by atoms with Crippen molar-refractivity contribution in [2.75, 3.05) is 11.4 Å². The fourth-order valence-corrected chi connectivity index (χ4v) is 3.57. The van der Waals surface area contributed by atoms with Crippen molar-refractivity contribution >= 4 is 28.2 Å². The molecule has 2 nitrogen and oxygen atoms in total. The van der Waals surface area contributed by atoms with Gasteiger partial charge in [-0.25, -0.2) is 4.98 Å². The summed E-state index contributed by atoms with van der Waals surface area (Å²) in [6.07, 6.45) is 6.37. The number of pyridine rings is 1. The predicted octanol–water partition coefficient (Wildman–Crippen LogP) is 5.13. The lowest BCUT2D eigenvalue weighted by Gasteiger charge is -2.37. The third-order valence-electron chi connectivity index (χ3n) is 4.43. The standard InChI is InChI=1S/C18H23ClN2/c1-2-7-16-9-5-6-11-21(16)18-17-10-4-3-8-14(17)12-15(13-19)20-18/h3-4,8,10,12,16H,2,5-7,9,11,13H2,1H3. The number of piperidine rings is 1. The molecule has 21 heavy (non-hydrogen) atoms. The Hall–Kier alpha value is -1.28. The summed E-state index contributed by atoms with van der Waals surface area (Å²) in [5, 5.41) is 2.51. The zero-order chi connectivity index (χ0) is 14.7. The number of fused-ring (bicyclic) bond motifs is 1. The van der Waals surface area contributed by atoms with Crippen LogP contribution < -0.4 is 4.90 Å². The lowest BCUT2D eigenvalue weighted by Crippen LogP contribution is -2.40. The molecule has 2 heterocycles. The zero-order valence-electron chi connectivity index (χ0n) is 12.7. The summed E-state index contributed by atoms with van der Waals surface area (Å²) in [5.41, 5.74) is 0.978. The molecule has 1 aromatic heterocycles. The first-order valence-corrected chi connectivity index (χ1v) is 8.58. The number of alkyl halides is 1.